The Labute approximate surface area is 143 Å². The number of Topliss-reactive ketones (excluding diaryl/α,β-unsaturated/α-hetero) is 1. The lowest BCUT2D eigenvalue weighted by atomic mass is 9.91. The summed E-state index contributed by atoms with van der Waals surface area (Å²) in [6, 6.07) is 11.7. The Kier molecular flexibility index (Phi) is 4.16. The SMILES string of the molecule is Cc1ccc(C(=O)[C@H](C)c2c(O)c3ccccc3oc2=O)c(Cl)c1. The Morgan fingerprint density at radius 2 is 1.92 bits per heavy atom. The molecule has 0 radical (unpaired) electrons. The first-order chi connectivity index (χ1) is 11.4. The largest absolute Gasteiger partial charge is 0.507 e. The van der Waals surface area contributed by atoms with Crippen LogP contribution in [0.3, 0.4) is 0 Å². The molecule has 3 aromatic rings. The van der Waals surface area contributed by atoms with Gasteiger partial charge in [0.1, 0.15) is 11.3 Å². The predicted molar refractivity (Wildman–Crippen MR) is 93.1 cm³/mol. The normalized spacial score (nSPS) is 12.3. The van der Waals surface area contributed by atoms with E-state index in [1.807, 2.05) is 6.92 Å². The van der Waals surface area contributed by atoms with Crippen LogP contribution in [0.2, 0.25) is 5.02 Å². The predicted octanol–water partition coefficient (Wildman–Crippen LogP) is 4.45. The van der Waals surface area contributed by atoms with Crippen LogP contribution in [0.5, 0.6) is 5.75 Å². The topological polar surface area (TPSA) is 67.5 Å². The van der Waals surface area contributed by atoms with Crippen molar-refractivity contribution in [1.29, 1.82) is 0 Å². The molecule has 4 nitrogen and oxygen atoms in total. The van der Waals surface area contributed by atoms with Gasteiger partial charge in [0.05, 0.1) is 21.9 Å². The quantitative estimate of drug-likeness (QED) is 0.564. The summed E-state index contributed by atoms with van der Waals surface area (Å²) in [6.45, 7) is 3.42. The monoisotopic (exact) mass is 342 g/mol. The van der Waals surface area contributed by atoms with E-state index >= 15 is 0 Å². The summed E-state index contributed by atoms with van der Waals surface area (Å²) in [5, 5.41) is 11.2. The second-order valence-electron chi connectivity index (χ2n) is 5.72. The molecule has 0 bridgehead atoms. The molecule has 1 N–H and O–H groups in total. The van der Waals surface area contributed by atoms with Crippen molar-refractivity contribution < 1.29 is 14.3 Å². The first-order valence-corrected chi connectivity index (χ1v) is 7.83. The number of hydrogen-bond donors (Lipinski definition) is 1. The highest BCUT2D eigenvalue weighted by atomic mass is 35.5. The van der Waals surface area contributed by atoms with Gasteiger partial charge in [0.2, 0.25) is 0 Å². The van der Waals surface area contributed by atoms with Crippen LogP contribution < -0.4 is 5.63 Å². The fourth-order valence-corrected chi connectivity index (χ4v) is 3.04. The number of halogens is 1. The number of rotatable bonds is 3. The average molecular weight is 343 g/mol. The van der Waals surface area contributed by atoms with E-state index in [1.54, 1.807) is 49.4 Å². The van der Waals surface area contributed by atoms with Crippen LogP contribution in [-0.4, -0.2) is 10.9 Å². The lowest BCUT2D eigenvalue weighted by Gasteiger charge is -2.13. The van der Waals surface area contributed by atoms with Crippen molar-refractivity contribution in [2.75, 3.05) is 0 Å². The van der Waals surface area contributed by atoms with Gasteiger partial charge in [0, 0.05) is 5.56 Å². The summed E-state index contributed by atoms with van der Waals surface area (Å²) < 4.78 is 5.23. The third-order valence-electron chi connectivity index (χ3n) is 4.04. The number of benzene rings is 2. The molecule has 0 aliphatic heterocycles. The highest BCUT2D eigenvalue weighted by Crippen LogP contribution is 2.33. The first kappa shape index (κ1) is 16.3. The number of carbonyl (C=O) groups excluding carboxylic acids is 1. The Morgan fingerprint density at radius 3 is 2.62 bits per heavy atom. The van der Waals surface area contributed by atoms with E-state index < -0.39 is 11.5 Å². The van der Waals surface area contributed by atoms with Gasteiger partial charge in [0.15, 0.2) is 5.78 Å². The summed E-state index contributed by atoms with van der Waals surface area (Å²) in [4.78, 5) is 25.0. The summed E-state index contributed by atoms with van der Waals surface area (Å²) in [6.07, 6.45) is 0. The van der Waals surface area contributed by atoms with Crippen molar-refractivity contribution in [3.05, 3.63) is 74.6 Å². The number of aryl methyl sites for hydroxylation is 1. The van der Waals surface area contributed by atoms with Crippen molar-refractivity contribution in [3.63, 3.8) is 0 Å². The van der Waals surface area contributed by atoms with Crippen molar-refractivity contribution in [1.82, 2.24) is 0 Å². The molecule has 0 aliphatic carbocycles. The maximum Gasteiger partial charge on any atom is 0.343 e. The van der Waals surface area contributed by atoms with Crippen LogP contribution >= 0.6 is 11.6 Å². The second-order valence-corrected chi connectivity index (χ2v) is 6.12. The Morgan fingerprint density at radius 1 is 1.21 bits per heavy atom. The van der Waals surface area contributed by atoms with Crippen LogP contribution in [0.4, 0.5) is 0 Å². The zero-order valence-electron chi connectivity index (χ0n) is 13.2. The molecule has 0 spiro atoms. The molecule has 1 atom stereocenters. The minimum atomic E-state index is -0.883. The molecule has 0 aliphatic rings. The number of aromatic hydroxyl groups is 1. The molecular weight excluding hydrogens is 328 g/mol. The van der Waals surface area contributed by atoms with Crippen molar-refractivity contribution in [2.45, 2.75) is 19.8 Å². The summed E-state index contributed by atoms with van der Waals surface area (Å²) in [5.41, 5.74) is 0.724. The molecular formula is C19H15ClO4. The minimum absolute atomic E-state index is 0.0599. The van der Waals surface area contributed by atoms with Gasteiger partial charge < -0.3 is 9.52 Å². The summed E-state index contributed by atoms with van der Waals surface area (Å²) in [7, 11) is 0. The minimum Gasteiger partial charge on any atom is -0.507 e. The molecule has 5 heteroatoms. The maximum absolute atomic E-state index is 12.7. The van der Waals surface area contributed by atoms with E-state index in [9.17, 15) is 14.7 Å². The molecule has 0 fully saturated rings. The van der Waals surface area contributed by atoms with Crippen LogP contribution in [0.1, 0.15) is 34.3 Å². The highest BCUT2D eigenvalue weighted by Gasteiger charge is 2.27. The molecule has 122 valence electrons. The van der Waals surface area contributed by atoms with Crippen molar-refractivity contribution >= 4 is 28.4 Å². The molecule has 0 unspecified atom stereocenters. The third-order valence-corrected chi connectivity index (χ3v) is 4.35. The molecule has 1 aromatic heterocycles. The Hall–Kier alpha value is -2.59. The van der Waals surface area contributed by atoms with Gasteiger partial charge in [-0.15, -0.1) is 0 Å². The van der Waals surface area contributed by atoms with Gasteiger partial charge in [-0.25, -0.2) is 4.79 Å². The fourth-order valence-electron chi connectivity index (χ4n) is 2.71. The Balaban J connectivity index is 2.13. The van der Waals surface area contributed by atoms with Crippen molar-refractivity contribution in [3.8, 4) is 5.75 Å². The van der Waals surface area contributed by atoms with Gasteiger partial charge in [-0.2, -0.15) is 0 Å². The summed E-state index contributed by atoms with van der Waals surface area (Å²) >= 11 is 6.15. The number of carbonyl (C=O) groups is 1. The van der Waals surface area contributed by atoms with Crippen LogP contribution in [-0.2, 0) is 0 Å². The van der Waals surface area contributed by atoms with Gasteiger partial charge in [-0.1, -0.05) is 36.7 Å². The smallest absolute Gasteiger partial charge is 0.343 e. The van der Waals surface area contributed by atoms with Gasteiger partial charge in [-0.05, 0) is 36.8 Å². The molecule has 0 amide bonds. The van der Waals surface area contributed by atoms with Crippen LogP contribution in [0.15, 0.2) is 51.7 Å². The van der Waals surface area contributed by atoms with Gasteiger partial charge in [0.25, 0.3) is 0 Å². The highest BCUT2D eigenvalue weighted by molar-refractivity contribution is 6.34. The summed E-state index contributed by atoms with van der Waals surface area (Å²) in [5.74, 6) is -1.46. The van der Waals surface area contributed by atoms with E-state index in [-0.39, 0.29) is 22.7 Å². The van der Waals surface area contributed by atoms with E-state index in [2.05, 4.69) is 0 Å². The molecule has 1 heterocycles. The molecule has 2 aromatic carbocycles. The fraction of sp³-hybridized carbons (Fsp3) is 0.158. The molecule has 0 saturated carbocycles. The molecule has 3 rings (SSSR count). The number of para-hydroxylation sites is 1. The van der Waals surface area contributed by atoms with Crippen LogP contribution in [0, 0.1) is 6.92 Å². The van der Waals surface area contributed by atoms with Crippen LogP contribution in [0.25, 0.3) is 11.0 Å². The Bertz CT molecular complexity index is 1000. The van der Waals surface area contributed by atoms with Crippen molar-refractivity contribution in [2.24, 2.45) is 0 Å². The number of fused-ring (bicyclic) bond motifs is 1. The molecule has 0 saturated heterocycles. The number of ketones is 1. The lowest BCUT2D eigenvalue weighted by molar-refractivity contribution is 0.0963. The van der Waals surface area contributed by atoms with E-state index in [1.165, 1.54) is 0 Å². The lowest BCUT2D eigenvalue weighted by Crippen LogP contribution is -2.18. The number of hydrogen-bond acceptors (Lipinski definition) is 4. The first-order valence-electron chi connectivity index (χ1n) is 7.45. The maximum atomic E-state index is 12.7. The van der Waals surface area contributed by atoms with E-state index in [0.29, 0.717) is 16.0 Å². The third kappa shape index (κ3) is 2.69. The second kappa shape index (κ2) is 6.13. The van der Waals surface area contributed by atoms with Gasteiger partial charge in [-0.3, -0.25) is 4.79 Å². The molecule has 24 heavy (non-hydrogen) atoms. The van der Waals surface area contributed by atoms with E-state index in [0.717, 1.165) is 5.56 Å². The standard InChI is InChI=1S/C19H15ClO4/c1-10-7-8-12(14(20)9-10)17(21)11(2)16-18(22)13-5-3-4-6-15(13)24-19(16)23/h3-9,11,22H,1-2H3/t11-/m1/s1. The van der Waals surface area contributed by atoms with E-state index in [4.69, 9.17) is 16.0 Å². The average Bonchev–Trinajstić information content (AvgIpc) is 2.54. The zero-order valence-corrected chi connectivity index (χ0v) is 13.9. The zero-order chi connectivity index (χ0) is 17.4. The van der Waals surface area contributed by atoms with Gasteiger partial charge >= 0.3 is 5.63 Å².